The van der Waals surface area contributed by atoms with Crippen molar-refractivity contribution in [1.82, 2.24) is 4.98 Å². The Morgan fingerprint density at radius 3 is 2.72 bits per heavy atom. The summed E-state index contributed by atoms with van der Waals surface area (Å²) in [5.41, 5.74) is -0.597. The van der Waals surface area contributed by atoms with Gasteiger partial charge in [0, 0.05) is 37.7 Å². The molecule has 1 saturated heterocycles. The number of hydrogen-bond donors (Lipinski definition) is 0. The maximum absolute atomic E-state index is 14.6. The molecule has 0 N–H and O–H groups in total. The number of nitrogens with zero attached hydrogens (tertiary/aromatic N) is 2. The second-order valence-corrected chi connectivity index (χ2v) is 8.12. The van der Waals surface area contributed by atoms with Gasteiger partial charge in [0.15, 0.2) is 5.78 Å². The number of hydrogen-bond acceptors (Lipinski definition) is 3. The molecule has 1 aromatic heterocycles. The zero-order valence-corrected chi connectivity index (χ0v) is 15.8. The van der Waals surface area contributed by atoms with E-state index in [0.29, 0.717) is 5.69 Å². The molecular weight excluding hydrogens is 381 g/mol. The summed E-state index contributed by atoms with van der Waals surface area (Å²) in [5.74, 6) is -4.82. The van der Waals surface area contributed by atoms with Gasteiger partial charge in [-0.25, -0.2) is 13.2 Å². The van der Waals surface area contributed by atoms with E-state index < -0.39 is 41.8 Å². The number of benzene rings is 1. The first-order chi connectivity index (χ1) is 13.8. The van der Waals surface area contributed by atoms with E-state index in [0.717, 1.165) is 0 Å². The van der Waals surface area contributed by atoms with E-state index >= 15 is 0 Å². The Labute approximate surface area is 166 Å². The predicted molar refractivity (Wildman–Crippen MR) is 101 cm³/mol. The van der Waals surface area contributed by atoms with Gasteiger partial charge >= 0.3 is 0 Å². The standard InChI is InChI=1S/C22H21F3N2O2/c23-16-4-3-5-17(11-16)27-9-7-21(20(27)29)12-15(13-22(24,25)14-21)10-19(28)18-6-1-2-8-26-18/h1-6,8,11,15H,7,9-10,12-14H2. The molecule has 152 valence electrons. The van der Waals surface area contributed by atoms with Gasteiger partial charge in [0.2, 0.25) is 11.8 Å². The Bertz CT molecular complexity index is 935. The van der Waals surface area contributed by atoms with Crippen LogP contribution in [0.2, 0.25) is 0 Å². The number of halogens is 3. The molecule has 0 bridgehead atoms. The van der Waals surface area contributed by atoms with Crippen LogP contribution < -0.4 is 4.90 Å². The van der Waals surface area contributed by atoms with Crippen LogP contribution in [0.1, 0.15) is 42.6 Å². The van der Waals surface area contributed by atoms with Crippen molar-refractivity contribution in [3.05, 3.63) is 60.2 Å². The summed E-state index contributed by atoms with van der Waals surface area (Å²) in [7, 11) is 0. The van der Waals surface area contributed by atoms with E-state index in [1.54, 1.807) is 24.3 Å². The third kappa shape index (κ3) is 3.91. The summed E-state index contributed by atoms with van der Waals surface area (Å²) in [5, 5.41) is 0. The van der Waals surface area contributed by atoms with Crippen molar-refractivity contribution in [3.63, 3.8) is 0 Å². The van der Waals surface area contributed by atoms with Gasteiger partial charge < -0.3 is 4.90 Å². The van der Waals surface area contributed by atoms with Crippen LogP contribution in [0, 0.1) is 17.2 Å². The van der Waals surface area contributed by atoms with Crippen LogP contribution in [-0.4, -0.2) is 29.1 Å². The number of ketones is 1. The highest BCUT2D eigenvalue weighted by Gasteiger charge is 2.57. The number of carbonyl (C=O) groups is 2. The largest absolute Gasteiger partial charge is 0.312 e. The Hall–Kier alpha value is -2.70. The first kappa shape index (κ1) is 19.6. The van der Waals surface area contributed by atoms with Gasteiger partial charge in [0.25, 0.3) is 0 Å². The minimum absolute atomic E-state index is 0.0679. The SMILES string of the molecule is O=C(CC1CC(F)(F)CC2(CCN(c3cccc(F)c3)C2=O)C1)c1ccccn1. The molecule has 1 amide bonds. The van der Waals surface area contributed by atoms with Gasteiger partial charge in [0.1, 0.15) is 11.5 Å². The Morgan fingerprint density at radius 1 is 1.17 bits per heavy atom. The Kier molecular flexibility index (Phi) is 4.92. The first-order valence-corrected chi connectivity index (χ1v) is 9.68. The highest BCUT2D eigenvalue weighted by atomic mass is 19.3. The van der Waals surface area contributed by atoms with E-state index in [2.05, 4.69) is 4.98 Å². The number of aromatic nitrogens is 1. The smallest absolute Gasteiger partial charge is 0.249 e. The molecule has 2 unspecified atom stereocenters. The molecule has 1 saturated carbocycles. The monoisotopic (exact) mass is 402 g/mol. The molecule has 2 aromatic rings. The normalized spacial score (nSPS) is 26.1. The van der Waals surface area contributed by atoms with Crippen molar-refractivity contribution in [2.45, 2.75) is 38.0 Å². The Morgan fingerprint density at radius 2 is 2.00 bits per heavy atom. The molecule has 1 spiro atoms. The Balaban J connectivity index is 1.55. The summed E-state index contributed by atoms with van der Waals surface area (Å²) < 4.78 is 42.8. The molecule has 7 heteroatoms. The molecule has 1 aliphatic carbocycles. The van der Waals surface area contributed by atoms with Crippen LogP contribution in [0.25, 0.3) is 0 Å². The van der Waals surface area contributed by atoms with Crippen molar-refractivity contribution in [3.8, 4) is 0 Å². The van der Waals surface area contributed by atoms with E-state index in [1.807, 2.05) is 0 Å². The third-order valence-corrected chi connectivity index (χ3v) is 5.92. The molecule has 2 fully saturated rings. The van der Waals surface area contributed by atoms with Crippen molar-refractivity contribution < 1.29 is 22.8 Å². The van der Waals surface area contributed by atoms with E-state index in [1.165, 1.54) is 29.3 Å². The average Bonchev–Trinajstić information content (AvgIpc) is 2.96. The van der Waals surface area contributed by atoms with E-state index in [-0.39, 0.29) is 37.3 Å². The highest BCUT2D eigenvalue weighted by molar-refractivity contribution is 6.00. The van der Waals surface area contributed by atoms with Crippen molar-refractivity contribution >= 4 is 17.4 Å². The number of carbonyl (C=O) groups excluding carboxylic acids is 2. The van der Waals surface area contributed by atoms with Crippen LogP contribution in [0.15, 0.2) is 48.7 Å². The van der Waals surface area contributed by atoms with Crippen LogP contribution >= 0.6 is 0 Å². The van der Waals surface area contributed by atoms with Gasteiger partial charge in [-0.15, -0.1) is 0 Å². The van der Waals surface area contributed by atoms with Crippen LogP contribution in [-0.2, 0) is 4.79 Å². The third-order valence-electron chi connectivity index (χ3n) is 5.92. The fourth-order valence-corrected chi connectivity index (χ4v) is 4.79. The second-order valence-electron chi connectivity index (χ2n) is 8.12. The first-order valence-electron chi connectivity index (χ1n) is 9.68. The lowest BCUT2D eigenvalue weighted by molar-refractivity contribution is -0.143. The van der Waals surface area contributed by atoms with Crippen molar-refractivity contribution in [1.29, 1.82) is 0 Å². The predicted octanol–water partition coefficient (Wildman–Crippen LogP) is 4.65. The van der Waals surface area contributed by atoms with Gasteiger partial charge in [0.05, 0.1) is 5.41 Å². The van der Waals surface area contributed by atoms with Crippen LogP contribution in [0.5, 0.6) is 0 Å². The molecule has 2 aliphatic rings. The van der Waals surface area contributed by atoms with Crippen molar-refractivity contribution in [2.75, 3.05) is 11.4 Å². The van der Waals surface area contributed by atoms with Crippen LogP contribution in [0.3, 0.4) is 0 Å². The number of amides is 1. The summed E-state index contributed by atoms with van der Waals surface area (Å²) in [6.07, 6.45) is 0.973. The zero-order chi connectivity index (χ0) is 20.6. The summed E-state index contributed by atoms with van der Waals surface area (Å²) in [6.45, 7) is 0.263. The molecule has 2 atom stereocenters. The molecule has 0 radical (unpaired) electrons. The quantitative estimate of drug-likeness (QED) is 0.700. The minimum Gasteiger partial charge on any atom is -0.312 e. The van der Waals surface area contributed by atoms with Gasteiger partial charge in [-0.2, -0.15) is 0 Å². The van der Waals surface area contributed by atoms with E-state index in [9.17, 15) is 22.8 Å². The fourth-order valence-electron chi connectivity index (χ4n) is 4.79. The fraction of sp³-hybridized carbons (Fsp3) is 0.409. The maximum Gasteiger partial charge on any atom is 0.249 e. The van der Waals surface area contributed by atoms with Crippen LogP contribution in [0.4, 0.5) is 18.9 Å². The summed E-state index contributed by atoms with van der Waals surface area (Å²) >= 11 is 0. The molecule has 4 nitrogen and oxygen atoms in total. The molecule has 29 heavy (non-hydrogen) atoms. The average molecular weight is 402 g/mol. The zero-order valence-electron chi connectivity index (χ0n) is 15.8. The highest BCUT2D eigenvalue weighted by Crippen LogP contribution is 2.53. The minimum atomic E-state index is -3.03. The number of alkyl halides is 2. The molecule has 4 rings (SSSR count). The topological polar surface area (TPSA) is 50.3 Å². The van der Waals surface area contributed by atoms with Crippen molar-refractivity contribution in [2.24, 2.45) is 11.3 Å². The maximum atomic E-state index is 14.6. The van der Waals surface area contributed by atoms with Gasteiger partial charge in [-0.05, 0) is 49.1 Å². The summed E-state index contributed by atoms with van der Waals surface area (Å²) in [6, 6.07) is 10.5. The lowest BCUT2D eigenvalue weighted by Gasteiger charge is -2.40. The molecule has 1 aliphatic heterocycles. The number of anilines is 1. The van der Waals surface area contributed by atoms with Gasteiger partial charge in [-0.3, -0.25) is 14.6 Å². The lowest BCUT2D eigenvalue weighted by atomic mass is 9.66. The van der Waals surface area contributed by atoms with E-state index in [4.69, 9.17) is 0 Å². The number of rotatable bonds is 4. The second kappa shape index (κ2) is 7.28. The van der Waals surface area contributed by atoms with Gasteiger partial charge in [-0.1, -0.05) is 12.1 Å². The lowest BCUT2D eigenvalue weighted by Crippen LogP contribution is -2.45. The number of Topliss-reactive ketones (excluding diaryl/α,β-unsaturated/α-hetero) is 1. The molecule has 1 aromatic carbocycles. The summed E-state index contributed by atoms with van der Waals surface area (Å²) in [4.78, 5) is 31.0. The molecule has 2 heterocycles. The number of pyridine rings is 1. The molecular formula is C22H21F3N2O2.